The van der Waals surface area contributed by atoms with Crippen LogP contribution in [-0.4, -0.2) is 28.2 Å². The lowest BCUT2D eigenvalue weighted by molar-refractivity contribution is 0.581. The van der Waals surface area contributed by atoms with Crippen LogP contribution >= 0.6 is 0 Å². The van der Waals surface area contributed by atoms with E-state index >= 15 is 0 Å². The quantitative estimate of drug-likeness (QED) is 0.763. The summed E-state index contributed by atoms with van der Waals surface area (Å²) < 4.78 is 28.6. The Morgan fingerprint density at radius 3 is 2.70 bits per heavy atom. The van der Waals surface area contributed by atoms with E-state index in [9.17, 15) is 8.42 Å². The van der Waals surface area contributed by atoms with Gasteiger partial charge < -0.3 is 0 Å². The molecule has 0 saturated heterocycles. The van der Waals surface area contributed by atoms with E-state index in [0.29, 0.717) is 5.69 Å². The third kappa shape index (κ3) is 3.43. The van der Waals surface area contributed by atoms with Crippen LogP contribution in [0, 0.1) is 0 Å². The number of aromatic nitrogens is 4. The minimum Gasteiger partial charge on any atom is -0.274 e. The molecule has 0 amide bonds. The second-order valence-corrected chi connectivity index (χ2v) is 6.69. The molecule has 1 N–H and O–H groups in total. The van der Waals surface area contributed by atoms with Crippen LogP contribution in [0.5, 0.6) is 0 Å². The lowest BCUT2D eigenvalue weighted by atomic mass is 10.1. The van der Waals surface area contributed by atoms with Gasteiger partial charge in [-0.1, -0.05) is 6.07 Å². The van der Waals surface area contributed by atoms with E-state index < -0.39 is 10.0 Å². The fourth-order valence-corrected chi connectivity index (χ4v) is 3.13. The summed E-state index contributed by atoms with van der Waals surface area (Å²) in [6.07, 6.45) is 7.81. The number of rotatable bonds is 5. The highest BCUT2D eigenvalue weighted by Gasteiger charge is 2.17. The minimum atomic E-state index is -3.61. The Balaban J connectivity index is 1.84. The molecule has 0 aliphatic heterocycles. The maximum absolute atomic E-state index is 12.3. The number of pyridine rings is 2. The van der Waals surface area contributed by atoms with Crippen molar-refractivity contribution < 1.29 is 8.42 Å². The largest absolute Gasteiger partial charge is 0.274 e. The first kappa shape index (κ1) is 15.3. The molecule has 0 radical (unpaired) electrons. The maximum atomic E-state index is 12.3. The van der Waals surface area contributed by atoms with E-state index in [1.165, 1.54) is 17.1 Å². The highest BCUT2D eigenvalue weighted by atomic mass is 32.2. The molecule has 3 heterocycles. The third-order valence-corrected chi connectivity index (χ3v) is 4.63. The second-order valence-electron chi connectivity index (χ2n) is 4.93. The Labute approximate surface area is 134 Å². The van der Waals surface area contributed by atoms with E-state index in [0.717, 1.165) is 11.1 Å². The van der Waals surface area contributed by atoms with E-state index in [4.69, 9.17) is 0 Å². The predicted molar refractivity (Wildman–Crippen MR) is 84.7 cm³/mol. The molecule has 0 aromatic carbocycles. The zero-order valence-corrected chi connectivity index (χ0v) is 13.2. The predicted octanol–water partition coefficient (Wildman–Crippen LogP) is 1.36. The van der Waals surface area contributed by atoms with Crippen LogP contribution in [0.1, 0.15) is 5.56 Å². The Bertz CT molecular complexity index is 906. The van der Waals surface area contributed by atoms with Crippen LogP contribution in [0.2, 0.25) is 0 Å². The van der Waals surface area contributed by atoms with E-state index in [1.54, 1.807) is 31.7 Å². The molecule has 0 bridgehead atoms. The van der Waals surface area contributed by atoms with Gasteiger partial charge in [0, 0.05) is 43.9 Å². The van der Waals surface area contributed by atoms with E-state index in [-0.39, 0.29) is 11.4 Å². The molecule has 0 saturated carbocycles. The molecule has 7 nitrogen and oxygen atoms in total. The van der Waals surface area contributed by atoms with Crippen molar-refractivity contribution in [1.82, 2.24) is 24.5 Å². The molecule has 3 aromatic heterocycles. The first-order valence-electron chi connectivity index (χ1n) is 6.89. The van der Waals surface area contributed by atoms with Gasteiger partial charge in [-0.3, -0.25) is 14.6 Å². The van der Waals surface area contributed by atoms with Crippen molar-refractivity contribution in [3.05, 3.63) is 60.8 Å². The van der Waals surface area contributed by atoms with Crippen LogP contribution in [0.3, 0.4) is 0 Å². The van der Waals surface area contributed by atoms with Crippen molar-refractivity contribution in [3.63, 3.8) is 0 Å². The Hall–Kier alpha value is -2.58. The third-order valence-electron chi connectivity index (χ3n) is 3.27. The normalized spacial score (nSPS) is 11.5. The van der Waals surface area contributed by atoms with Crippen LogP contribution in [0.15, 0.2) is 60.1 Å². The molecule has 0 atom stereocenters. The van der Waals surface area contributed by atoms with Crippen molar-refractivity contribution in [1.29, 1.82) is 0 Å². The first-order chi connectivity index (χ1) is 11.1. The van der Waals surface area contributed by atoms with Gasteiger partial charge in [0.1, 0.15) is 4.90 Å². The number of hydrogen-bond acceptors (Lipinski definition) is 5. The van der Waals surface area contributed by atoms with Gasteiger partial charge in [0.15, 0.2) is 0 Å². The average Bonchev–Trinajstić information content (AvgIpc) is 3.02. The van der Waals surface area contributed by atoms with Gasteiger partial charge in [-0.15, -0.1) is 0 Å². The van der Waals surface area contributed by atoms with Crippen LogP contribution in [0.4, 0.5) is 0 Å². The highest BCUT2D eigenvalue weighted by Crippen LogP contribution is 2.20. The molecule has 0 spiro atoms. The zero-order valence-electron chi connectivity index (χ0n) is 12.4. The van der Waals surface area contributed by atoms with Gasteiger partial charge in [0.25, 0.3) is 0 Å². The minimum absolute atomic E-state index is 0.131. The van der Waals surface area contributed by atoms with Gasteiger partial charge in [0.05, 0.1) is 11.9 Å². The summed E-state index contributed by atoms with van der Waals surface area (Å²) in [5.41, 5.74) is 2.31. The second kappa shape index (κ2) is 6.27. The Morgan fingerprint density at radius 1 is 1.17 bits per heavy atom. The van der Waals surface area contributed by atoms with Crippen LogP contribution < -0.4 is 4.72 Å². The summed E-state index contributed by atoms with van der Waals surface area (Å²) in [6, 6.07) is 7.30. The van der Waals surface area contributed by atoms with Gasteiger partial charge in [-0.2, -0.15) is 5.10 Å². The molecule has 3 aromatic rings. The van der Waals surface area contributed by atoms with Crippen molar-refractivity contribution >= 4 is 10.0 Å². The number of nitrogens with zero attached hydrogens (tertiary/aromatic N) is 4. The molecule has 0 aliphatic rings. The SMILES string of the molecule is Cn1cc(S(=O)(=O)NCc2cccnc2-c2cccnc2)cn1. The highest BCUT2D eigenvalue weighted by molar-refractivity contribution is 7.89. The van der Waals surface area contributed by atoms with Gasteiger partial charge in [-0.25, -0.2) is 13.1 Å². The van der Waals surface area contributed by atoms with Crippen molar-refractivity contribution in [2.24, 2.45) is 7.05 Å². The molecular weight excluding hydrogens is 314 g/mol. The summed E-state index contributed by atoms with van der Waals surface area (Å²) in [6.45, 7) is 0.134. The van der Waals surface area contributed by atoms with Crippen molar-refractivity contribution in [2.45, 2.75) is 11.4 Å². The fraction of sp³-hybridized carbons (Fsp3) is 0.133. The Morgan fingerprint density at radius 2 is 2.00 bits per heavy atom. The average molecular weight is 329 g/mol. The van der Waals surface area contributed by atoms with E-state index in [1.807, 2.05) is 18.2 Å². The van der Waals surface area contributed by atoms with Crippen molar-refractivity contribution in [2.75, 3.05) is 0 Å². The van der Waals surface area contributed by atoms with Crippen LogP contribution in [-0.2, 0) is 23.6 Å². The number of hydrogen-bond donors (Lipinski definition) is 1. The summed E-state index contributed by atoms with van der Waals surface area (Å²) in [4.78, 5) is 8.54. The molecule has 0 fully saturated rings. The molecule has 3 rings (SSSR count). The lowest BCUT2D eigenvalue weighted by Crippen LogP contribution is -2.23. The van der Waals surface area contributed by atoms with E-state index in [2.05, 4.69) is 19.8 Å². The topological polar surface area (TPSA) is 89.8 Å². The molecule has 0 unspecified atom stereocenters. The van der Waals surface area contributed by atoms with Gasteiger partial charge >= 0.3 is 0 Å². The summed E-state index contributed by atoms with van der Waals surface area (Å²) >= 11 is 0. The van der Waals surface area contributed by atoms with Gasteiger partial charge in [-0.05, 0) is 23.8 Å². The summed E-state index contributed by atoms with van der Waals surface area (Å²) in [7, 11) is -1.95. The maximum Gasteiger partial charge on any atom is 0.243 e. The summed E-state index contributed by atoms with van der Waals surface area (Å²) in [5.74, 6) is 0. The van der Waals surface area contributed by atoms with Crippen LogP contribution in [0.25, 0.3) is 11.3 Å². The standard InChI is InChI=1S/C15H15N5O2S/c1-20-11-14(10-18-20)23(21,22)19-9-13-5-3-7-17-15(13)12-4-2-6-16-8-12/h2-8,10-11,19H,9H2,1H3. The fourth-order valence-electron chi connectivity index (χ4n) is 2.14. The number of aryl methyl sites for hydroxylation is 1. The first-order valence-corrected chi connectivity index (χ1v) is 8.37. The lowest BCUT2D eigenvalue weighted by Gasteiger charge is -2.09. The molecule has 8 heteroatoms. The summed E-state index contributed by atoms with van der Waals surface area (Å²) in [5, 5.41) is 3.88. The van der Waals surface area contributed by atoms with Gasteiger partial charge in [0.2, 0.25) is 10.0 Å². The zero-order chi connectivity index (χ0) is 16.3. The number of nitrogens with one attached hydrogen (secondary N) is 1. The van der Waals surface area contributed by atoms with Crippen molar-refractivity contribution in [3.8, 4) is 11.3 Å². The number of sulfonamides is 1. The smallest absolute Gasteiger partial charge is 0.243 e. The molecule has 23 heavy (non-hydrogen) atoms. The molecule has 118 valence electrons. The Kier molecular flexibility index (Phi) is 4.18. The molecular formula is C15H15N5O2S. The monoisotopic (exact) mass is 329 g/mol. The molecule has 0 aliphatic carbocycles.